The molecule has 9 heteroatoms. The number of aryl methyl sites for hydroxylation is 1. The molecule has 1 N–H and O–H groups in total. The largest absolute Gasteiger partial charge is 0.317 e. The van der Waals surface area contributed by atoms with Gasteiger partial charge in [-0.05, 0) is 49.4 Å². The molecule has 1 aliphatic heterocycles. The van der Waals surface area contributed by atoms with Crippen molar-refractivity contribution in [2.45, 2.75) is 36.4 Å². The highest BCUT2D eigenvalue weighted by molar-refractivity contribution is 7.95. The van der Waals surface area contributed by atoms with Gasteiger partial charge in [0.05, 0.1) is 17.1 Å². The van der Waals surface area contributed by atoms with Crippen molar-refractivity contribution in [2.75, 3.05) is 17.4 Å². The Morgan fingerprint density at radius 3 is 2.67 bits per heavy atom. The molecule has 30 heavy (non-hydrogen) atoms. The third kappa shape index (κ3) is 4.07. The fourth-order valence-electron chi connectivity index (χ4n) is 3.66. The van der Waals surface area contributed by atoms with Crippen LogP contribution in [0.4, 0.5) is 5.13 Å². The predicted octanol–water partition coefficient (Wildman–Crippen LogP) is 3.95. The van der Waals surface area contributed by atoms with E-state index < -0.39 is 10.0 Å². The summed E-state index contributed by atoms with van der Waals surface area (Å²) >= 11 is 2.35. The van der Waals surface area contributed by atoms with E-state index in [0.29, 0.717) is 32.6 Å². The topological polar surface area (TPSA) is 79.4 Å². The van der Waals surface area contributed by atoms with Crippen molar-refractivity contribution in [1.29, 1.82) is 0 Å². The number of anilines is 1. The van der Waals surface area contributed by atoms with E-state index in [4.69, 9.17) is 0 Å². The number of carbonyl (C=O) groups is 1. The second-order valence-corrected chi connectivity index (χ2v) is 11.1. The second kappa shape index (κ2) is 8.97. The van der Waals surface area contributed by atoms with Gasteiger partial charge in [-0.2, -0.15) is 0 Å². The Labute approximate surface area is 184 Å². The Bertz CT molecular complexity index is 1120. The zero-order chi connectivity index (χ0) is 21.1. The van der Waals surface area contributed by atoms with Crippen LogP contribution in [0.3, 0.4) is 0 Å². The van der Waals surface area contributed by atoms with Gasteiger partial charge >= 0.3 is 0 Å². The van der Waals surface area contributed by atoms with Gasteiger partial charge in [-0.3, -0.25) is 4.79 Å². The van der Waals surface area contributed by atoms with E-state index in [0.717, 1.165) is 36.4 Å². The maximum atomic E-state index is 13.4. The monoisotopic (exact) mass is 461 g/mol. The summed E-state index contributed by atoms with van der Waals surface area (Å²) in [6, 6.07) is 10.7. The highest BCUT2D eigenvalue weighted by Gasteiger charge is 2.35. The number of aromatic nitrogens is 1. The molecule has 6 nitrogen and oxygen atoms in total. The summed E-state index contributed by atoms with van der Waals surface area (Å²) in [6.45, 7) is 3.51. The third-order valence-electron chi connectivity index (χ3n) is 5.20. The fraction of sp³-hybridized carbons (Fsp3) is 0.333. The average molecular weight is 462 g/mol. The van der Waals surface area contributed by atoms with Crippen molar-refractivity contribution >= 4 is 43.6 Å². The number of hydrogen-bond acceptors (Lipinski definition) is 7. The molecule has 0 atom stereocenters. The van der Waals surface area contributed by atoms with Crippen LogP contribution in [0.15, 0.2) is 52.2 Å². The first-order valence-electron chi connectivity index (χ1n) is 9.89. The van der Waals surface area contributed by atoms with Crippen LogP contribution < -0.4 is 9.62 Å². The third-order valence-corrected chi connectivity index (χ3v) is 9.52. The van der Waals surface area contributed by atoms with E-state index >= 15 is 0 Å². The molecule has 1 fully saturated rings. The molecule has 2 aromatic heterocycles. The van der Waals surface area contributed by atoms with Gasteiger partial charge in [0.25, 0.3) is 10.0 Å². The zero-order valence-electron chi connectivity index (χ0n) is 16.6. The number of sulfonamides is 1. The lowest BCUT2D eigenvalue weighted by Crippen LogP contribution is -2.46. The minimum atomic E-state index is -3.74. The van der Waals surface area contributed by atoms with E-state index in [2.05, 4.69) is 10.3 Å². The molecule has 0 bridgehead atoms. The van der Waals surface area contributed by atoms with Crippen LogP contribution in [0.5, 0.6) is 0 Å². The smallest absolute Gasteiger partial charge is 0.275 e. The predicted molar refractivity (Wildman–Crippen MR) is 121 cm³/mol. The number of thiazole rings is 1. The number of nitrogens with one attached hydrogen (secondary N) is 1. The zero-order valence-corrected chi connectivity index (χ0v) is 19.0. The molecular formula is C21H23N3O3S3. The number of piperidine rings is 1. The van der Waals surface area contributed by atoms with Crippen molar-refractivity contribution < 1.29 is 13.2 Å². The minimum Gasteiger partial charge on any atom is -0.317 e. The summed E-state index contributed by atoms with van der Waals surface area (Å²) in [7, 11) is -3.74. The number of rotatable bonds is 7. The standard InChI is InChI=1S/C21H23N3O3S3/c1-2-15-6-3-4-7-17(15)20(25)18-14-23-21(29-18)24(16-9-11-22-12-10-16)30(26,27)19-8-5-13-28-19/h3-8,13-14,16,22H,2,9-12H2,1H3. The van der Waals surface area contributed by atoms with Crippen LogP contribution in [0.2, 0.25) is 0 Å². The molecule has 3 aromatic rings. The average Bonchev–Trinajstić information content (AvgIpc) is 3.47. The number of thiophene rings is 1. The molecule has 0 aliphatic carbocycles. The number of nitrogens with zero attached hydrogens (tertiary/aromatic N) is 2. The summed E-state index contributed by atoms with van der Waals surface area (Å²) in [5, 5.41) is 5.39. The first kappa shape index (κ1) is 21.2. The molecule has 4 rings (SSSR count). The van der Waals surface area contributed by atoms with Gasteiger partial charge in [-0.1, -0.05) is 48.6 Å². The molecule has 1 saturated heterocycles. The van der Waals surface area contributed by atoms with Gasteiger partial charge in [0, 0.05) is 5.56 Å². The van der Waals surface area contributed by atoms with Crippen molar-refractivity contribution in [3.05, 3.63) is 64.0 Å². The highest BCUT2D eigenvalue weighted by Crippen LogP contribution is 2.34. The van der Waals surface area contributed by atoms with E-state index in [-0.39, 0.29) is 11.8 Å². The first-order valence-corrected chi connectivity index (χ1v) is 13.0. The van der Waals surface area contributed by atoms with Gasteiger partial charge in [-0.25, -0.2) is 17.7 Å². The van der Waals surface area contributed by atoms with E-state index in [9.17, 15) is 13.2 Å². The summed E-state index contributed by atoms with van der Waals surface area (Å²) < 4.78 is 28.6. The van der Waals surface area contributed by atoms with Crippen LogP contribution in [0, 0.1) is 0 Å². The lowest BCUT2D eigenvalue weighted by Gasteiger charge is -2.33. The summed E-state index contributed by atoms with van der Waals surface area (Å²) in [5.41, 5.74) is 1.61. The highest BCUT2D eigenvalue weighted by atomic mass is 32.2. The molecule has 3 heterocycles. The minimum absolute atomic E-state index is 0.116. The molecule has 0 radical (unpaired) electrons. The van der Waals surface area contributed by atoms with Crippen LogP contribution in [0.1, 0.15) is 40.6 Å². The van der Waals surface area contributed by atoms with Crippen molar-refractivity contribution in [1.82, 2.24) is 10.3 Å². The van der Waals surface area contributed by atoms with E-state index in [1.807, 2.05) is 31.2 Å². The maximum absolute atomic E-state index is 13.4. The Hall–Kier alpha value is -2.07. The Kier molecular flexibility index (Phi) is 6.33. The first-order chi connectivity index (χ1) is 14.5. The Morgan fingerprint density at radius 2 is 1.97 bits per heavy atom. The van der Waals surface area contributed by atoms with Crippen molar-refractivity contribution in [3.63, 3.8) is 0 Å². The maximum Gasteiger partial charge on any atom is 0.275 e. The number of benzene rings is 1. The van der Waals surface area contributed by atoms with E-state index in [1.54, 1.807) is 17.5 Å². The number of ketones is 1. The Balaban J connectivity index is 1.72. The molecule has 0 unspecified atom stereocenters. The van der Waals surface area contributed by atoms with Gasteiger partial charge < -0.3 is 5.32 Å². The number of hydrogen-bond donors (Lipinski definition) is 1. The van der Waals surface area contributed by atoms with Crippen molar-refractivity contribution in [3.8, 4) is 0 Å². The SMILES string of the molecule is CCc1ccccc1C(=O)c1cnc(N(C2CCNCC2)S(=O)(=O)c2cccs2)s1. The Morgan fingerprint density at radius 1 is 1.20 bits per heavy atom. The fourth-order valence-corrected chi connectivity index (χ4v) is 7.56. The summed E-state index contributed by atoms with van der Waals surface area (Å²) in [6.07, 6.45) is 3.66. The van der Waals surface area contributed by atoms with Crippen molar-refractivity contribution in [2.24, 2.45) is 0 Å². The molecular weight excluding hydrogens is 438 g/mol. The van der Waals surface area contributed by atoms with Crippen LogP contribution >= 0.6 is 22.7 Å². The van der Waals surface area contributed by atoms with Gasteiger partial charge in [0.15, 0.2) is 5.13 Å². The van der Waals surface area contributed by atoms with Crippen LogP contribution in [-0.2, 0) is 16.4 Å². The summed E-state index contributed by atoms with van der Waals surface area (Å²) in [5.74, 6) is -0.116. The number of carbonyl (C=O) groups excluding carboxylic acids is 1. The molecule has 0 amide bonds. The van der Waals surface area contributed by atoms with Gasteiger partial charge in [-0.15, -0.1) is 11.3 Å². The molecule has 0 saturated carbocycles. The molecule has 1 aromatic carbocycles. The molecule has 1 aliphatic rings. The molecule has 158 valence electrons. The van der Waals surface area contributed by atoms with Gasteiger partial charge in [0.2, 0.25) is 5.78 Å². The summed E-state index contributed by atoms with van der Waals surface area (Å²) in [4.78, 5) is 18.0. The quantitative estimate of drug-likeness (QED) is 0.539. The van der Waals surface area contributed by atoms with Crippen LogP contribution in [-0.4, -0.2) is 38.3 Å². The molecule has 0 spiro atoms. The second-order valence-electron chi connectivity index (χ2n) is 7.06. The van der Waals surface area contributed by atoms with E-state index in [1.165, 1.54) is 21.8 Å². The lowest BCUT2D eigenvalue weighted by molar-refractivity contribution is 0.104. The lowest BCUT2D eigenvalue weighted by atomic mass is 10.0. The van der Waals surface area contributed by atoms with Crippen LogP contribution in [0.25, 0.3) is 0 Å². The van der Waals surface area contributed by atoms with Gasteiger partial charge in [0.1, 0.15) is 4.21 Å². The normalized spacial score (nSPS) is 15.2.